The molecule has 0 unspecified atom stereocenters. The number of nitrogens with zero attached hydrogens (tertiary/aromatic N) is 2. The Morgan fingerprint density at radius 2 is 1.62 bits per heavy atom. The van der Waals surface area contributed by atoms with Crippen molar-refractivity contribution in [3.05, 3.63) is 106 Å². The van der Waals surface area contributed by atoms with Crippen molar-refractivity contribution in [1.29, 1.82) is 0 Å². The third kappa shape index (κ3) is 5.02. The van der Waals surface area contributed by atoms with Crippen LogP contribution in [0.3, 0.4) is 0 Å². The molecule has 12 heteroatoms. The van der Waals surface area contributed by atoms with E-state index in [9.17, 15) is 41.8 Å². The van der Waals surface area contributed by atoms with Gasteiger partial charge in [0.2, 0.25) is 0 Å². The van der Waals surface area contributed by atoms with Crippen LogP contribution in [0.25, 0.3) is 11.1 Å². The number of halogens is 5. The van der Waals surface area contributed by atoms with Crippen LogP contribution in [-0.4, -0.2) is 27.8 Å². The molecule has 0 aliphatic carbocycles. The number of hydrazone groups is 1. The number of carbonyl (C=O) groups is 2. The molecule has 4 aromatic rings. The van der Waals surface area contributed by atoms with E-state index in [-0.39, 0.29) is 56.2 Å². The van der Waals surface area contributed by atoms with Gasteiger partial charge in [0, 0.05) is 17.2 Å². The molecule has 1 amide bonds. The molecule has 0 bridgehead atoms. The van der Waals surface area contributed by atoms with Crippen molar-refractivity contribution in [3.8, 4) is 16.9 Å². The molecule has 1 heterocycles. The molecule has 0 spiro atoms. The molecule has 0 radical (unpaired) electrons. The van der Waals surface area contributed by atoms with E-state index < -0.39 is 41.0 Å². The predicted octanol–water partition coefficient (Wildman–Crippen LogP) is 7.17. The number of aromatic hydroxyl groups is 1. The number of carboxylic acids is 1. The monoisotopic (exact) mass is 581 g/mol. The number of amides is 1. The van der Waals surface area contributed by atoms with Crippen molar-refractivity contribution in [2.45, 2.75) is 20.0 Å². The Morgan fingerprint density at radius 1 is 0.929 bits per heavy atom. The van der Waals surface area contributed by atoms with Gasteiger partial charge in [0.1, 0.15) is 23.1 Å². The van der Waals surface area contributed by atoms with E-state index in [0.29, 0.717) is 0 Å². The smallest absolute Gasteiger partial charge is 0.416 e. The number of fused-ring (bicyclic) bond motifs is 1. The number of carbonyl (C=O) groups excluding carboxylic acids is 1. The van der Waals surface area contributed by atoms with Gasteiger partial charge in [-0.1, -0.05) is 12.1 Å². The van der Waals surface area contributed by atoms with Crippen molar-refractivity contribution in [2.24, 2.45) is 5.10 Å². The maximum Gasteiger partial charge on any atom is 0.416 e. The van der Waals surface area contributed by atoms with Gasteiger partial charge in [-0.25, -0.2) is 13.6 Å². The molecule has 5 rings (SSSR count). The van der Waals surface area contributed by atoms with Gasteiger partial charge in [0.05, 0.1) is 22.5 Å². The SMILES string of the molecule is Cc1cc(N2C(=O)C(=NNc3cc(F)cc(-c4cccc(C(=O)O)c4)c3O)c3ccc(C(F)(F)F)cc32)cc(C)c1F. The minimum Gasteiger partial charge on any atom is -0.505 e. The van der Waals surface area contributed by atoms with E-state index in [2.05, 4.69) is 10.5 Å². The van der Waals surface area contributed by atoms with Gasteiger partial charge in [0.25, 0.3) is 5.91 Å². The van der Waals surface area contributed by atoms with Crippen molar-refractivity contribution >= 4 is 34.7 Å². The number of aromatic carboxylic acids is 1. The number of hydrogen-bond donors (Lipinski definition) is 3. The zero-order valence-corrected chi connectivity index (χ0v) is 21.8. The molecule has 0 saturated carbocycles. The molecule has 0 fully saturated rings. The van der Waals surface area contributed by atoms with Crippen LogP contribution in [0, 0.1) is 25.5 Å². The number of benzene rings is 4. The minimum absolute atomic E-state index is 0.00501. The lowest BCUT2D eigenvalue weighted by Gasteiger charge is -2.20. The molecule has 1 aliphatic heterocycles. The highest BCUT2D eigenvalue weighted by Crippen LogP contribution is 2.42. The van der Waals surface area contributed by atoms with E-state index >= 15 is 0 Å². The van der Waals surface area contributed by atoms with Gasteiger partial charge < -0.3 is 10.2 Å². The highest BCUT2D eigenvalue weighted by atomic mass is 19.4. The van der Waals surface area contributed by atoms with E-state index in [1.807, 2.05) is 0 Å². The lowest BCUT2D eigenvalue weighted by atomic mass is 10.0. The molecular formula is C30H20F5N3O4. The Bertz CT molecular complexity index is 1790. The largest absolute Gasteiger partial charge is 0.505 e. The molecule has 7 nitrogen and oxygen atoms in total. The standard InChI is InChI=1S/C30H20F5N3O4/c1-14-8-20(9-15(2)25(14)32)38-24-11-18(30(33,34)35)6-7-21(24)26(28(38)40)37-36-23-13-19(31)12-22(27(23)39)16-4-3-5-17(10-16)29(41)42/h3-13,36,39H,1-2H3,(H,41,42). The lowest BCUT2D eigenvalue weighted by Crippen LogP contribution is -2.26. The van der Waals surface area contributed by atoms with Crippen LogP contribution in [0.2, 0.25) is 0 Å². The third-order valence-electron chi connectivity index (χ3n) is 6.69. The predicted molar refractivity (Wildman–Crippen MR) is 145 cm³/mol. The van der Waals surface area contributed by atoms with E-state index in [4.69, 9.17) is 0 Å². The third-order valence-corrected chi connectivity index (χ3v) is 6.69. The number of alkyl halides is 3. The molecule has 4 aromatic carbocycles. The molecule has 42 heavy (non-hydrogen) atoms. The molecule has 0 saturated heterocycles. The van der Waals surface area contributed by atoms with Crippen LogP contribution in [0.1, 0.15) is 32.6 Å². The highest BCUT2D eigenvalue weighted by molar-refractivity contribution is 6.55. The number of phenols is 1. The number of anilines is 3. The van der Waals surface area contributed by atoms with Gasteiger partial charge in [-0.15, -0.1) is 0 Å². The van der Waals surface area contributed by atoms with Crippen molar-refractivity contribution in [1.82, 2.24) is 0 Å². The van der Waals surface area contributed by atoms with Crippen molar-refractivity contribution < 1.29 is 41.8 Å². The van der Waals surface area contributed by atoms with Crippen molar-refractivity contribution in [2.75, 3.05) is 10.3 Å². The van der Waals surface area contributed by atoms with E-state index in [1.54, 1.807) is 0 Å². The van der Waals surface area contributed by atoms with Gasteiger partial charge in [-0.05, 0) is 79.1 Å². The van der Waals surface area contributed by atoms with Crippen LogP contribution in [0.15, 0.2) is 71.8 Å². The van der Waals surface area contributed by atoms with Crippen LogP contribution >= 0.6 is 0 Å². The van der Waals surface area contributed by atoms with Crippen LogP contribution in [-0.2, 0) is 11.0 Å². The fourth-order valence-corrected chi connectivity index (χ4v) is 4.68. The number of hydrogen-bond acceptors (Lipinski definition) is 5. The number of aryl methyl sites for hydroxylation is 2. The zero-order valence-electron chi connectivity index (χ0n) is 21.8. The number of phenolic OH excluding ortho intramolecular Hbond substituents is 1. The summed E-state index contributed by atoms with van der Waals surface area (Å²) in [5.74, 6) is -3.98. The maximum absolute atomic E-state index is 14.6. The van der Waals surface area contributed by atoms with Crippen LogP contribution in [0.5, 0.6) is 5.75 Å². The number of carboxylic acid groups (broad SMARTS) is 1. The van der Waals surface area contributed by atoms with Gasteiger partial charge in [0.15, 0.2) is 5.71 Å². The minimum atomic E-state index is -4.72. The molecule has 1 aliphatic rings. The van der Waals surface area contributed by atoms with Gasteiger partial charge in [-0.3, -0.25) is 15.1 Å². The van der Waals surface area contributed by atoms with Crippen LogP contribution in [0.4, 0.5) is 39.0 Å². The maximum atomic E-state index is 14.6. The average Bonchev–Trinajstić information content (AvgIpc) is 3.21. The topological polar surface area (TPSA) is 102 Å². The Hall–Kier alpha value is -5.26. The quantitative estimate of drug-likeness (QED) is 0.132. The highest BCUT2D eigenvalue weighted by Gasteiger charge is 2.39. The Balaban J connectivity index is 1.60. The molecule has 3 N–H and O–H groups in total. The molecular weight excluding hydrogens is 561 g/mol. The first-order valence-electron chi connectivity index (χ1n) is 12.3. The second-order valence-electron chi connectivity index (χ2n) is 9.57. The Morgan fingerprint density at radius 3 is 2.26 bits per heavy atom. The summed E-state index contributed by atoms with van der Waals surface area (Å²) < 4.78 is 69.6. The van der Waals surface area contributed by atoms with E-state index in [1.165, 1.54) is 50.2 Å². The lowest BCUT2D eigenvalue weighted by molar-refractivity contribution is -0.137. The van der Waals surface area contributed by atoms with Crippen molar-refractivity contribution in [3.63, 3.8) is 0 Å². The summed E-state index contributed by atoms with van der Waals surface area (Å²) >= 11 is 0. The van der Waals surface area contributed by atoms with Gasteiger partial charge >= 0.3 is 12.1 Å². The summed E-state index contributed by atoms with van der Waals surface area (Å²) in [6.45, 7) is 2.90. The molecule has 0 aromatic heterocycles. The summed E-state index contributed by atoms with van der Waals surface area (Å²) in [6, 6.07) is 12.5. The Kier molecular flexibility index (Phi) is 6.93. The second kappa shape index (κ2) is 10.3. The first-order chi connectivity index (χ1) is 19.8. The van der Waals surface area contributed by atoms with Crippen LogP contribution < -0.4 is 10.3 Å². The zero-order chi connectivity index (χ0) is 30.5. The average molecular weight is 581 g/mol. The van der Waals surface area contributed by atoms with Gasteiger partial charge in [-0.2, -0.15) is 18.3 Å². The fraction of sp³-hybridized carbons (Fsp3) is 0.100. The Labute approximate surface area is 235 Å². The normalized spacial score (nSPS) is 13.9. The first kappa shape index (κ1) is 28.3. The number of nitrogens with one attached hydrogen (secondary N) is 1. The summed E-state index contributed by atoms with van der Waals surface area (Å²) in [4.78, 5) is 25.9. The second-order valence-corrected chi connectivity index (χ2v) is 9.57. The number of rotatable bonds is 5. The summed E-state index contributed by atoms with van der Waals surface area (Å²) in [7, 11) is 0. The van der Waals surface area contributed by atoms with E-state index in [0.717, 1.165) is 35.2 Å². The summed E-state index contributed by atoms with van der Waals surface area (Å²) in [5, 5.41) is 24.2. The molecule has 214 valence electrons. The fourth-order valence-electron chi connectivity index (χ4n) is 4.68. The summed E-state index contributed by atoms with van der Waals surface area (Å²) in [5.41, 5.74) is 1.02. The first-order valence-corrected chi connectivity index (χ1v) is 12.3. The summed E-state index contributed by atoms with van der Waals surface area (Å²) in [6.07, 6.45) is -4.72. The molecule has 0 atom stereocenters.